The topological polar surface area (TPSA) is 97.4 Å². The van der Waals surface area contributed by atoms with Crippen LogP contribution in [0, 0.1) is 6.92 Å². The summed E-state index contributed by atoms with van der Waals surface area (Å²) in [6.07, 6.45) is 2.08. The zero-order valence-electron chi connectivity index (χ0n) is 12.1. The van der Waals surface area contributed by atoms with Crippen molar-refractivity contribution in [1.82, 2.24) is 5.32 Å². The lowest BCUT2D eigenvalue weighted by Gasteiger charge is -2.08. The van der Waals surface area contributed by atoms with Crippen molar-refractivity contribution in [3.63, 3.8) is 0 Å². The third kappa shape index (κ3) is 3.34. The van der Waals surface area contributed by atoms with Crippen LogP contribution in [-0.2, 0) is 6.42 Å². The largest absolute Gasteiger partial charge is 0.459 e. The minimum atomic E-state index is -0.524. The first kappa shape index (κ1) is 16.2. The maximum atomic E-state index is 11.8. The summed E-state index contributed by atoms with van der Waals surface area (Å²) in [5, 5.41) is 5.95. The highest BCUT2D eigenvalue weighted by atomic mass is 32.1. The van der Waals surface area contributed by atoms with Crippen LogP contribution >= 0.6 is 23.6 Å². The molecular formula is C14H15N3O3S2. The number of hydrogen-bond donors (Lipinski definition) is 3. The van der Waals surface area contributed by atoms with Crippen molar-refractivity contribution < 1.29 is 14.0 Å². The van der Waals surface area contributed by atoms with E-state index in [0.717, 1.165) is 10.4 Å². The molecule has 0 fully saturated rings. The predicted molar refractivity (Wildman–Crippen MR) is 89.3 cm³/mol. The summed E-state index contributed by atoms with van der Waals surface area (Å²) < 4.78 is 4.98. The van der Waals surface area contributed by atoms with Crippen LogP contribution < -0.4 is 16.4 Å². The summed E-state index contributed by atoms with van der Waals surface area (Å²) in [6, 6.07) is 3.13. The maximum Gasteiger partial charge on any atom is 0.293 e. The lowest BCUT2D eigenvalue weighted by molar-refractivity contribution is 0.0949. The molecule has 116 valence electrons. The Bertz CT molecular complexity index is 720. The number of hydrogen-bond acceptors (Lipinski definition) is 5. The number of amides is 2. The fourth-order valence-electron chi connectivity index (χ4n) is 2.06. The predicted octanol–water partition coefficient (Wildman–Crippen LogP) is 2.44. The molecule has 6 nitrogen and oxygen atoms in total. The molecule has 2 aromatic rings. The Labute approximate surface area is 136 Å². The van der Waals surface area contributed by atoms with Gasteiger partial charge in [-0.15, -0.1) is 11.3 Å². The number of carbonyl (C=O) groups is 2. The zero-order chi connectivity index (χ0) is 16.3. The second-order valence-electron chi connectivity index (χ2n) is 4.44. The van der Waals surface area contributed by atoms with E-state index in [1.807, 2.05) is 13.8 Å². The first-order chi connectivity index (χ1) is 10.4. The van der Waals surface area contributed by atoms with E-state index in [9.17, 15) is 9.59 Å². The van der Waals surface area contributed by atoms with E-state index >= 15 is 0 Å². The molecule has 0 aliphatic carbocycles. The minimum Gasteiger partial charge on any atom is -0.459 e. The fourth-order valence-corrected chi connectivity index (χ4v) is 3.47. The summed E-state index contributed by atoms with van der Waals surface area (Å²) in [5.74, 6) is -0.841. The Morgan fingerprint density at radius 3 is 2.73 bits per heavy atom. The molecule has 0 saturated heterocycles. The molecule has 0 aromatic carbocycles. The molecule has 0 bridgehead atoms. The summed E-state index contributed by atoms with van der Waals surface area (Å²) in [7, 11) is 0. The van der Waals surface area contributed by atoms with E-state index in [4.69, 9.17) is 22.4 Å². The van der Waals surface area contributed by atoms with Gasteiger partial charge in [-0.25, -0.2) is 0 Å². The Morgan fingerprint density at radius 2 is 2.18 bits per heavy atom. The van der Waals surface area contributed by atoms with Gasteiger partial charge in [0.15, 0.2) is 10.9 Å². The van der Waals surface area contributed by atoms with Crippen molar-refractivity contribution in [2.45, 2.75) is 20.3 Å². The van der Waals surface area contributed by atoms with Gasteiger partial charge in [0, 0.05) is 4.88 Å². The SMILES string of the molecule is CCc1c(C)sc(NC(=S)NC(=O)c2ccco2)c1C(N)=O. The van der Waals surface area contributed by atoms with E-state index in [1.54, 1.807) is 6.07 Å². The van der Waals surface area contributed by atoms with Gasteiger partial charge < -0.3 is 15.5 Å². The van der Waals surface area contributed by atoms with Gasteiger partial charge in [0.25, 0.3) is 11.8 Å². The van der Waals surface area contributed by atoms with Crippen LogP contribution in [0.25, 0.3) is 0 Å². The van der Waals surface area contributed by atoms with Crippen molar-refractivity contribution in [3.05, 3.63) is 40.2 Å². The van der Waals surface area contributed by atoms with Gasteiger partial charge in [-0.05, 0) is 43.3 Å². The first-order valence-electron chi connectivity index (χ1n) is 6.52. The van der Waals surface area contributed by atoms with Crippen LogP contribution in [0.3, 0.4) is 0 Å². The highest BCUT2D eigenvalue weighted by Crippen LogP contribution is 2.33. The average Bonchev–Trinajstić information content (AvgIpc) is 3.05. The molecule has 0 unspecified atom stereocenters. The lowest BCUT2D eigenvalue weighted by atomic mass is 10.1. The van der Waals surface area contributed by atoms with E-state index in [-0.39, 0.29) is 10.9 Å². The molecule has 2 amide bonds. The van der Waals surface area contributed by atoms with Crippen LogP contribution in [0.4, 0.5) is 5.00 Å². The average molecular weight is 337 g/mol. The molecule has 2 aromatic heterocycles. The Kier molecular flexibility index (Phi) is 4.94. The smallest absolute Gasteiger partial charge is 0.293 e. The number of rotatable bonds is 4. The number of nitrogens with one attached hydrogen (secondary N) is 2. The molecule has 22 heavy (non-hydrogen) atoms. The van der Waals surface area contributed by atoms with E-state index in [2.05, 4.69) is 10.6 Å². The molecular weight excluding hydrogens is 322 g/mol. The summed E-state index contributed by atoms with van der Waals surface area (Å²) in [5.41, 5.74) is 6.75. The summed E-state index contributed by atoms with van der Waals surface area (Å²) in [4.78, 5) is 24.5. The van der Waals surface area contributed by atoms with Crippen molar-refractivity contribution in [2.75, 3.05) is 5.32 Å². The van der Waals surface area contributed by atoms with Gasteiger partial charge in [0.2, 0.25) is 0 Å². The Morgan fingerprint density at radius 1 is 1.45 bits per heavy atom. The number of thiophene rings is 1. The fraction of sp³-hybridized carbons (Fsp3) is 0.214. The molecule has 2 rings (SSSR count). The van der Waals surface area contributed by atoms with E-state index in [0.29, 0.717) is 17.0 Å². The third-order valence-electron chi connectivity index (χ3n) is 3.01. The molecule has 8 heteroatoms. The lowest BCUT2D eigenvalue weighted by Crippen LogP contribution is -2.34. The molecule has 0 atom stereocenters. The molecule has 0 radical (unpaired) electrons. The maximum absolute atomic E-state index is 11.8. The standard InChI is InChI=1S/C14H15N3O3S2/c1-3-8-7(2)22-13(10(8)11(15)18)17-14(21)16-12(19)9-5-4-6-20-9/h4-6H,3H2,1-2H3,(H2,15,18)(H2,16,17,19,21). The first-order valence-corrected chi connectivity index (χ1v) is 7.74. The van der Waals surface area contributed by atoms with Gasteiger partial charge in [0.05, 0.1) is 11.8 Å². The summed E-state index contributed by atoms with van der Waals surface area (Å²) >= 11 is 6.46. The molecule has 4 N–H and O–H groups in total. The number of carbonyl (C=O) groups excluding carboxylic acids is 2. The number of aryl methyl sites for hydroxylation is 1. The van der Waals surface area contributed by atoms with E-state index in [1.165, 1.54) is 23.7 Å². The molecule has 0 saturated carbocycles. The van der Waals surface area contributed by atoms with Crippen molar-refractivity contribution in [3.8, 4) is 0 Å². The number of thiocarbonyl (C=S) groups is 1. The monoisotopic (exact) mass is 337 g/mol. The van der Waals surface area contributed by atoms with Crippen molar-refractivity contribution >= 4 is 45.5 Å². The van der Waals surface area contributed by atoms with Crippen LogP contribution in [0.5, 0.6) is 0 Å². The quantitative estimate of drug-likeness (QED) is 0.745. The van der Waals surface area contributed by atoms with Crippen LogP contribution in [-0.4, -0.2) is 16.9 Å². The third-order valence-corrected chi connectivity index (χ3v) is 4.28. The van der Waals surface area contributed by atoms with Crippen molar-refractivity contribution in [2.24, 2.45) is 5.73 Å². The van der Waals surface area contributed by atoms with Crippen LogP contribution in [0.1, 0.15) is 38.3 Å². The van der Waals surface area contributed by atoms with Crippen molar-refractivity contribution in [1.29, 1.82) is 0 Å². The molecule has 0 aliphatic rings. The second kappa shape index (κ2) is 6.71. The van der Waals surface area contributed by atoms with Gasteiger partial charge in [-0.1, -0.05) is 6.92 Å². The molecule has 0 aliphatic heterocycles. The molecule has 0 spiro atoms. The number of furan rings is 1. The number of anilines is 1. The van der Waals surface area contributed by atoms with Gasteiger partial charge >= 0.3 is 0 Å². The number of nitrogens with two attached hydrogens (primary N) is 1. The Balaban J connectivity index is 2.15. The minimum absolute atomic E-state index is 0.0767. The van der Waals surface area contributed by atoms with Crippen LogP contribution in [0.2, 0.25) is 0 Å². The Hall–Kier alpha value is -2.19. The zero-order valence-corrected chi connectivity index (χ0v) is 13.7. The van der Waals surface area contributed by atoms with Gasteiger partial charge in [-0.2, -0.15) is 0 Å². The normalized spacial score (nSPS) is 10.3. The molecule has 2 heterocycles. The highest BCUT2D eigenvalue weighted by Gasteiger charge is 2.20. The second-order valence-corrected chi connectivity index (χ2v) is 6.08. The highest BCUT2D eigenvalue weighted by molar-refractivity contribution is 7.80. The van der Waals surface area contributed by atoms with E-state index < -0.39 is 11.8 Å². The van der Waals surface area contributed by atoms with Crippen LogP contribution in [0.15, 0.2) is 22.8 Å². The van der Waals surface area contributed by atoms with Gasteiger partial charge in [0.1, 0.15) is 5.00 Å². The number of primary amides is 1. The summed E-state index contributed by atoms with van der Waals surface area (Å²) in [6.45, 7) is 3.86. The van der Waals surface area contributed by atoms with Gasteiger partial charge in [-0.3, -0.25) is 14.9 Å².